The normalized spacial score (nSPS) is 23.1. The zero-order chi connectivity index (χ0) is 12.0. The molecule has 3 heteroatoms. The highest BCUT2D eigenvalue weighted by Crippen LogP contribution is 2.48. The second-order valence-electron chi connectivity index (χ2n) is 5.86. The lowest BCUT2D eigenvalue weighted by molar-refractivity contribution is 0.171. The van der Waals surface area contributed by atoms with Crippen LogP contribution >= 0.6 is 0 Å². The van der Waals surface area contributed by atoms with Gasteiger partial charge >= 0.3 is 0 Å². The molecular formula is C14H28N2O. The Morgan fingerprint density at radius 3 is 2.59 bits per heavy atom. The summed E-state index contributed by atoms with van der Waals surface area (Å²) in [6, 6.07) is 0.806. The third kappa shape index (κ3) is 4.57. The fraction of sp³-hybridized carbons (Fsp3) is 1.00. The van der Waals surface area contributed by atoms with Crippen LogP contribution in [-0.2, 0) is 4.74 Å². The average molecular weight is 240 g/mol. The molecule has 0 atom stereocenters. The van der Waals surface area contributed by atoms with Gasteiger partial charge in [-0.15, -0.1) is 0 Å². The van der Waals surface area contributed by atoms with Gasteiger partial charge in [-0.3, -0.25) is 0 Å². The number of hydrogen-bond donors (Lipinski definition) is 2. The molecule has 0 bridgehead atoms. The van der Waals surface area contributed by atoms with Crippen LogP contribution in [-0.4, -0.2) is 39.4 Å². The van der Waals surface area contributed by atoms with Crippen LogP contribution in [0, 0.1) is 5.41 Å². The highest BCUT2D eigenvalue weighted by Gasteiger charge is 2.41. The molecule has 0 aliphatic heterocycles. The third-order valence-electron chi connectivity index (χ3n) is 4.38. The Hall–Kier alpha value is -0.120. The third-order valence-corrected chi connectivity index (χ3v) is 4.38. The Morgan fingerprint density at radius 2 is 1.94 bits per heavy atom. The zero-order valence-corrected chi connectivity index (χ0v) is 11.3. The Labute approximate surface area is 106 Å². The van der Waals surface area contributed by atoms with Crippen LogP contribution in [0.1, 0.15) is 44.9 Å². The maximum Gasteiger partial charge on any atom is 0.0468 e. The molecule has 0 heterocycles. The van der Waals surface area contributed by atoms with Gasteiger partial charge in [0.05, 0.1) is 0 Å². The van der Waals surface area contributed by atoms with Crippen LogP contribution < -0.4 is 10.6 Å². The van der Waals surface area contributed by atoms with Crippen molar-refractivity contribution < 1.29 is 4.74 Å². The Morgan fingerprint density at radius 1 is 1.18 bits per heavy atom. The number of rotatable bonds is 9. The molecule has 2 saturated carbocycles. The van der Waals surface area contributed by atoms with Crippen LogP contribution in [0.25, 0.3) is 0 Å². The molecule has 2 rings (SSSR count). The van der Waals surface area contributed by atoms with Crippen molar-refractivity contribution in [2.45, 2.75) is 51.0 Å². The van der Waals surface area contributed by atoms with E-state index < -0.39 is 0 Å². The van der Waals surface area contributed by atoms with Crippen molar-refractivity contribution in [3.8, 4) is 0 Å². The Kier molecular flexibility index (Phi) is 5.26. The fourth-order valence-electron chi connectivity index (χ4n) is 2.86. The monoisotopic (exact) mass is 240 g/mol. The average Bonchev–Trinajstić information content (AvgIpc) is 2.91. The van der Waals surface area contributed by atoms with E-state index in [-0.39, 0.29) is 0 Å². The highest BCUT2D eigenvalue weighted by molar-refractivity contribution is 4.94. The topological polar surface area (TPSA) is 33.3 Å². The van der Waals surface area contributed by atoms with Gasteiger partial charge in [0.1, 0.15) is 0 Å². The van der Waals surface area contributed by atoms with Crippen molar-refractivity contribution >= 4 is 0 Å². The van der Waals surface area contributed by atoms with Gasteiger partial charge in [-0.1, -0.05) is 12.8 Å². The first-order chi connectivity index (χ1) is 8.35. The van der Waals surface area contributed by atoms with Crippen LogP contribution in [0.15, 0.2) is 0 Å². The summed E-state index contributed by atoms with van der Waals surface area (Å²) in [5, 5.41) is 7.25. The quantitative estimate of drug-likeness (QED) is 0.604. The largest absolute Gasteiger partial charge is 0.385 e. The van der Waals surface area contributed by atoms with E-state index in [9.17, 15) is 0 Å². The van der Waals surface area contributed by atoms with Crippen LogP contribution in [0.4, 0.5) is 0 Å². The molecule has 0 aromatic carbocycles. The molecule has 2 fully saturated rings. The summed E-state index contributed by atoms with van der Waals surface area (Å²) in [5.41, 5.74) is 0.587. The first-order valence-electron chi connectivity index (χ1n) is 7.28. The van der Waals surface area contributed by atoms with E-state index in [1.54, 1.807) is 7.11 Å². The van der Waals surface area contributed by atoms with Crippen molar-refractivity contribution in [2.75, 3.05) is 33.4 Å². The first-order valence-corrected chi connectivity index (χ1v) is 7.28. The lowest BCUT2D eigenvalue weighted by atomic mass is 10.0. The minimum Gasteiger partial charge on any atom is -0.385 e. The van der Waals surface area contributed by atoms with E-state index in [0.717, 1.165) is 25.7 Å². The minimum atomic E-state index is 0.587. The molecule has 100 valence electrons. The molecule has 0 saturated heterocycles. The zero-order valence-electron chi connectivity index (χ0n) is 11.3. The smallest absolute Gasteiger partial charge is 0.0468 e. The van der Waals surface area contributed by atoms with Crippen molar-refractivity contribution in [3.63, 3.8) is 0 Å². The molecule has 2 aliphatic rings. The standard InChI is InChI=1S/C14H28N2O/c1-17-11-8-14(6-7-14)12-15-9-10-16-13-4-2-3-5-13/h13,15-16H,2-12H2,1H3. The van der Waals surface area contributed by atoms with Gasteiger partial charge in [-0.2, -0.15) is 0 Å². The second kappa shape index (κ2) is 6.72. The molecule has 0 aromatic rings. The van der Waals surface area contributed by atoms with Crippen molar-refractivity contribution in [2.24, 2.45) is 5.41 Å². The summed E-state index contributed by atoms with van der Waals surface area (Å²) in [7, 11) is 1.80. The minimum absolute atomic E-state index is 0.587. The summed E-state index contributed by atoms with van der Waals surface area (Å²) in [6.07, 6.45) is 9.62. The predicted molar refractivity (Wildman–Crippen MR) is 71.3 cm³/mol. The summed E-state index contributed by atoms with van der Waals surface area (Å²) in [4.78, 5) is 0. The van der Waals surface area contributed by atoms with Crippen molar-refractivity contribution in [3.05, 3.63) is 0 Å². The summed E-state index contributed by atoms with van der Waals surface area (Å²) >= 11 is 0. The predicted octanol–water partition coefficient (Wildman–Crippen LogP) is 1.92. The van der Waals surface area contributed by atoms with Crippen molar-refractivity contribution in [1.29, 1.82) is 0 Å². The molecule has 0 amide bonds. The van der Waals surface area contributed by atoms with Crippen LogP contribution in [0.2, 0.25) is 0 Å². The van der Waals surface area contributed by atoms with Gasteiger partial charge in [0.2, 0.25) is 0 Å². The van der Waals surface area contributed by atoms with Crippen LogP contribution in [0.3, 0.4) is 0 Å². The maximum absolute atomic E-state index is 5.17. The number of nitrogens with one attached hydrogen (secondary N) is 2. The molecule has 0 unspecified atom stereocenters. The number of hydrogen-bond acceptors (Lipinski definition) is 3. The molecular weight excluding hydrogens is 212 g/mol. The van der Waals surface area contributed by atoms with Gasteiger partial charge in [-0.25, -0.2) is 0 Å². The van der Waals surface area contributed by atoms with E-state index in [1.807, 2.05) is 0 Å². The van der Waals surface area contributed by atoms with Gasteiger partial charge in [0.25, 0.3) is 0 Å². The fourth-order valence-corrected chi connectivity index (χ4v) is 2.86. The molecule has 17 heavy (non-hydrogen) atoms. The molecule has 0 radical (unpaired) electrons. The molecule has 3 nitrogen and oxygen atoms in total. The Balaban J connectivity index is 1.45. The van der Waals surface area contributed by atoms with Crippen LogP contribution in [0.5, 0.6) is 0 Å². The van der Waals surface area contributed by atoms with E-state index in [2.05, 4.69) is 10.6 Å². The SMILES string of the molecule is COCCC1(CNCCNC2CCCC2)CC1. The van der Waals surface area contributed by atoms with Crippen molar-refractivity contribution in [1.82, 2.24) is 10.6 Å². The van der Waals surface area contributed by atoms with E-state index in [1.165, 1.54) is 51.5 Å². The lowest BCUT2D eigenvalue weighted by Gasteiger charge is -2.16. The van der Waals surface area contributed by atoms with E-state index in [0.29, 0.717) is 5.41 Å². The first kappa shape index (κ1) is 13.3. The number of methoxy groups -OCH3 is 1. The van der Waals surface area contributed by atoms with E-state index >= 15 is 0 Å². The lowest BCUT2D eigenvalue weighted by Crippen LogP contribution is -2.35. The molecule has 2 aliphatic carbocycles. The molecule has 0 aromatic heterocycles. The van der Waals surface area contributed by atoms with Gasteiger partial charge in [0, 0.05) is 39.4 Å². The van der Waals surface area contributed by atoms with Gasteiger partial charge in [0.15, 0.2) is 0 Å². The summed E-state index contributed by atoms with van der Waals surface area (Å²) in [6.45, 7) is 4.35. The molecule has 0 spiro atoms. The summed E-state index contributed by atoms with van der Waals surface area (Å²) < 4.78 is 5.17. The number of ether oxygens (including phenoxy) is 1. The molecule has 2 N–H and O–H groups in total. The second-order valence-corrected chi connectivity index (χ2v) is 5.86. The van der Waals surface area contributed by atoms with E-state index in [4.69, 9.17) is 4.74 Å². The Bertz CT molecular complexity index is 210. The highest BCUT2D eigenvalue weighted by atomic mass is 16.5. The van der Waals surface area contributed by atoms with Gasteiger partial charge < -0.3 is 15.4 Å². The summed E-state index contributed by atoms with van der Waals surface area (Å²) in [5.74, 6) is 0. The maximum atomic E-state index is 5.17. The van der Waals surface area contributed by atoms with Gasteiger partial charge in [-0.05, 0) is 37.5 Å².